The highest BCUT2D eigenvalue weighted by molar-refractivity contribution is 6.66. The second kappa shape index (κ2) is 4.54. The second-order valence-electron chi connectivity index (χ2n) is 3.61. The monoisotopic (exact) mass is 270 g/mol. The number of hydrogen-bond acceptors (Lipinski definition) is 1. The quantitative estimate of drug-likeness (QED) is 0.611. The molecule has 0 bridgehead atoms. The number of nitrogens with zero attached hydrogens (tertiary/aromatic N) is 1. The minimum atomic E-state index is -5.39. The summed E-state index contributed by atoms with van der Waals surface area (Å²) >= 11 is 0. The van der Waals surface area contributed by atoms with Crippen LogP contribution in [0.4, 0.5) is 26.1 Å². The molecule has 2 nitrogen and oxygen atoms in total. The van der Waals surface area contributed by atoms with Gasteiger partial charge in [-0.2, -0.15) is 13.2 Å². The van der Waals surface area contributed by atoms with E-state index < -0.39 is 36.3 Å². The third kappa shape index (κ3) is 3.41. The van der Waals surface area contributed by atoms with Crippen LogP contribution in [0.5, 0.6) is 0 Å². The summed E-state index contributed by atoms with van der Waals surface area (Å²) in [5.74, 6) is 0. The zero-order chi connectivity index (χ0) is 14.1. The number of hydrogen-bond donors (Lipinski definition) is 0. The topological polar surface area (TPSA) is 22.0 Å². The van der Waals surface area contributed by atoms with Crippen LogP contribution in [0.3, 0.4) is 0 Å². The van der Waals surface area contributed by atoms with Crippen LogP contribution < -0.4 is 5.56 Å². The molecule has 100 valence electrons. The lowest BCUT2D eigenvalue weighted by Gasteiger charge is -2.19. The van der Waals surface area contributed by atoms with E-state index in [-0.39, 0.29) is 0 Å². The van der Waals surface area contributed by atoms with Gasteiger partial charge in [0.1, 0.15) is 0 Å². The van der Waals surface area contributed by atoms with Gasteiger partial charge in [-0.25, -0.2) is 0 Å². The van der Waals surface area contributed by atoms with Crippen molar-refractivity contribution in [1.29, 1.82) is 0 Å². The van der Waals surface area contributed by atoms with Crippen molar-refractivity contribution in [3.63, 3.8) is 0 Å². The molecule has 0 radical (unpaired) electrons. The summed E-state index contributed by atoms with van der Waals surface area (Å²) in [6.07, 6.45) is -4.38. The Kier molecular flexibility index (Phi) is 3.63. The Morgan fingerprint density at radius 2 is 1.83 bits per heavy atom. The Morgan fingerprint density at radius 3 is 2.28 bits per heavy atom. The SMILES string of the molecule is C=C(Cn1cc(C(F)(F)F)ccc1=O)[B-](F)(F)F. The molecule has 9 heteroatoms. The average Bonchev–Trinajstić information content (AvgIpc) is 2.18. The fraction of sp³-hybridized carbons (Fsp3) is 0.222. The van der Waals surface area contributed by atoms with Gasteiger partial charge in [0.15, 0.2) is 0 Å². The molecule has 0 N–H and O–H groups in total. The first kappa shape index (κ1) is 14.4. The van der Waals surface area contributed by atoms with Crippen LogP contribution in [0, 0.1) is 0 Å². The molecule has 0 saturated heterocycles. The molecule has 1 heterocycles. The predicted molar refractivity (Wildman–Crippen MR) is 53.9 cm³/mol. The first-order valence-electron chi connectivity index (χ1n) is 4.67. The number of alkyl halides is 3. The van der Waals surface area contributed by atoms with Crippen molar-refractivity contribution in [3.05, 3.63) is 46.3 Å². The van der Waals surface area contributed by atoms with Crippen molar-refractivity contribution in [2.45, 2.75) is 12.7 Å². The van der Waals surface area contributed by atoms with Gasteiger partial charge in [0.2, 0.25) is 0 Å². The molecule has 1 rings (SSSR count). The molecular formula is C9H7BF6NO-. The first-order valence-corrected chi connectivity index (χ1v) is 4.67. The van der Waals surface area contributed by atoms with E-state index in [2.05, 4.69) is 6.58 Å². The average molecular weight is 270 g/mol. The lowest BCUT2D eigenvalue weighted by Crippen LogP contribution is -2.28. The smallest absolute Gasteiger partial charge is 0.445 e. The van der Waals surface area contributed by atoms with Crippen molar-refractivity contribution >= 4 is 6.98 Å². The standard InChI is InChI=1S/C9H7BF6NO/c1-6(10(14,15)16)4-17-5-7(9(11,12)13)2-3-8(17)18/h2-3,5H,1,4H2/q-1. The summed E-state index contributed by atoms with van der Waals surface area (Å²) in [5.41, 5.74) is -3.38. The molecule has 0 unspecified atom stereocenters. The molecule has 0 atom stereocenters. The Morgan fingerprint density at radius 1 is 1.28 bits per heavy atom. The lowest BCUT2D eigenvalue weighted by molar-refractivity contribution is -0.138. The summed E-state index contributed by atoms with van der Waals surface area (Å²) in [4.78, 5) is 11.2. The van der Waals surface area contributed by atoms with Gasteiger partial charge in [-0.3, -0.25) is 4.79 Å². The van der Waals surface area contributed by atoms with E-state index in [1.54, 1.807) is 0 Å². The minimum Gasteiger partial charge on any atom is -0.445 e. The molecule has 1 aromatic rings. The molecule has 0 aliphatic carbocycles. The Labute approximate surface area is 97.6 Å². The van der Waals surface area contributed by atoms with Gasteiger partial charge in [-0.1, -0.05) is 0 Å². The first-order chi connectivity index (χ1) is 8.01. The summed E-state index contributed by atoms with van der Waals surface area (Å²) in [5, 5.41) is 0. The van der Waals surface area contributed by atoms with Crippen molar-refractivity contribution in [2.75, 3.05) is 0 Å². The van der Waals surface area contributed by atoms with Crippen LogP contribution >= 0.6 is 0 Å². The van der Waals surface area contributed by atoms with Gasteiger partial charge >= 0.3 is 13.2 Å². The largest absolute Gasteiger partial charge is 0.506 e. The van der Waals surface area contributed by atoms with Gasteiger partial charge in [0, 0.05) is 18.8 Å². The molecular weight excluding hydrogens is 263 g/mol. The fourth-order valence-electron chi connectivity index (χ4n) is 1.14. The van der Waals surface area contributed by atoms with Crippen LogP contribution in [-0.2, 0) is 12.7 Å². The number of aromatic nitrogens is 1. The van der Waals surface area contributed by atoms with Crippen molar-refractivity contribution in [1.82, 2.24) is 4.57 Å². The van der Waals surface area contributed by atoms with Crippen LogP contribution in [0.25, 0.3) is 0 Å². The van der Waals surface area contributed by atoms with Crippen molar-refractivity contribution in [3.8, 4) is 0 Å². The number of pyridine rings is 1. The highest BCUT2D eigenvalue weighted by Gasteiger charge is 2.32. The Hall–Kier alpha value is -1.67. The molecule has 18 heavy (non-hydrogen) atoms. The summed E-state index contributed by atoms with van der Waals surface area (Å²) in [7, 11) is 0. The van der Waals surface area contributed by atoms with E-state index in [4.69, 9.17) is 0 Å². The maximum absolute atomic E-state index is 12.3. The van der Waals surface area contributed by atoms with Gasteiger partial charge in [-0.15, -0.1) is 12.1 Å². The van der Waals surface area contributed by atoms with Crippen LogP contribution in [0.15, 0.2) is 35.2 Å². The highest BCUT2D eigenvalue weighted by Crippen LogP contribution is 2.28. The second-order valence-corrected chi connectivity index (χ2v) is 3.61. The van der Waals surface area contributed by atoms with E-state index in [0.29, 0.717) is 22.9 Å². The number of halogens is 6. The highest BCUT2D eigenvalue weighted by atomic mass is 19.4. The molecule has 0 aliphatic rings. The van der Waals surface area contributed by atoms with Gasteiger partial charge < -0.3 is 17.5 Å². The van der Waals surface area contributed by atoms with Gasteiger partial charge in [0.05, 0.1) is 5.56 Å². The Bertz CT molecular complexity index is 515. The third-order valence-corrected chi connectivity index (χ3v) is 2.15. The Balaban J connectivity index is 3.11. The summed E-state index contributed by atoms with van der Waals surface area (Å²) < 4.78 is 74.0. The normalized spacial score (nSPS) is 12.6. The lowest BCUT2D eigenvalue weighted by atomic mass is 9.80. The zero-order valence-electron chi connectivity index (χ0n) is 8.85. The van der Waals surface area contributed by atoms with Gasteiger partial charge in [0.25, 0.3) is 5.56 Å². The van der Waals surface area contributed by atoms with E-state index in [0.717, 1.165) is 0 Å². The van der Waals surface area contributed by atoms with Gasteiger partial charge in [-0.05, 0) is 6.07 Å². The predicted octanol–water partition coefficient (Wildman–Crippen LogP) is 2.81. The molecule has 0 amide bonds. The molecule has 1 aromatic heterocycles. The zero-order valence-corrected chi connectivity index (χ0v) is 8.85. The van der Waals surface area contributed by atoms with Crippen LogP contribution in [0.2, 0.25) is 0 Å². The molecule has 0 aliphatic heterocycles. The molecule has 0 saturated carbocycles. The summed E-state index contributed by atoms with van der Waals surface area (Å²) in [6.45, 7) is -3.68. The number of allylic oxidation sites excluding steroid dienone is 1. The number of rotatable bonds is 3. The van der Waals surface area contributed by atoms with E-state index >= 15 is 0 Å². The van der Waals surface area contributed by atoms with E-state index in [1.165, 1.54) is 0 Å². The maximum Gasteiger partial charge on any atom is 0.506 e. The fourth-order valence-corrected chi connectivity index (χ4v) is 1.14. The van der Waals surface area contributed by atoms with Crippen LogP contribution in [0.1, 0.15) is 5.56 Å². The maximum atomic E-state index is 12.3. The van der Waals surface area contributed by atoms with E-state index in [1.807, 2.05) is 0 Å². The third-order valence-electron chi connectivity index (χ3n) is 2.15. The minimum absolute atomic E-state index is 0.334. The van der Waals surface area contributed by atoms with Crippen molar-refractivity contribution < 1.29 is 26.1 Å². The summed E-state index contributed by atoms with van der Waals surface area (Å²) in [6, 6.07) is 1.08. The van der Waals surface area contributed by atoms with E-state index in [9.17, 15) is 30.9 Å². The molecule has 0 spiro atoms. The molecule has 0 fully saturated rings. The van der Waals surface area contributed by atoms with Crippen LogP contribution in [-0.4, -0.2) is 11.5 Å². The van der Waals surface area contributed by atoms with Crippen molar-refractivity contribution in [2.24, 2.45) is 0 Å². The molecule has 0 aromatic carbocycles.